The van der Waals surface area contributed by atoms with Gasteiger partial charge in [0.15, 0.2) is 6.61 Å². The highest BCUT2D eigenvalue weighted by Gasteiger charge is 2.15. The van der Waals surface area contributed by atoms with E-state index < -0.39 is 0 Å². The summed E-state index contributed by atoms with van der Waals surface area (Å²) in [6.07, 6.45) is 0.761. The predicted octanol–water partition coefficient (Wildman–Crippen LogP) is 3.67. The van der Waals surface area contributed by atoms with Gasteiger partial charge in [0.25, 0.3) is 5.91 Å². The molecule has 0 heterocycles. The molecule has 6 heteroatoms. The summed E-state index contributed by atoms with van der Waals surface area (Å²) in [7, 11) is 3.97. The lowest BCUT2D eigenvalue weighted by atomic mass is 10.0. The molecule has 0 aliphatic rings. The third-order valence-corrected chi connectivity index (χ3v) is 3.91. The molecule has 25 heavy (non-hydrogen) atoms. The molecule has 0 saturated heterocycles. The van der Waals surface area contributed by atoms with Gasteiger partial charge in [0, 0.05) is 5.02 Å². The van der Waals surface area contributed by atoms with Crippen LogP contribution in [0.5, 0.6) is 5.75 Å². The number of halogens is 2. The quantitative estimate of drug-likeness (QED) is 0.777. The number of amides is 1. The van der Waals surface area contributed by atoms with Crippen molar-refractivity contribution in [3.63, 3.8) is 0 Å². The fourth-order valence-corrected chi connectivity index (χ4v) is 2.45. The molecule has 1 atom stereocenters. The summed E-state index contributed by atoms with van der Waals surface area (Å²) in [5, 5.41) is 3.64. The normalized spacial score (nSPS) is 12.0. The van der Waals surface area contributed by atoms with E-state index in [1.54, 1.807) is 12.1 Å². The van der Waals surface area contributed by atoms with Gasteiger partial charge in [0.1, 0.15) is 11.6 Å². The largest absolute Gasteiger partial charge is 0.484 e. The van der Waals surface area contributed by atoms with Gasteiger partial charge in [-0.15, -0.1) is 0 Å². The zero-order valence-corrected chi connectivity index (χ0v) is 15.1. The van der Waals surface area contributed by atoms with Crippen LogP contribution in [0, 0.1) is 5.82 Å². The Bertz CT molecular complexity index is 675. The lowest BCUT2D eigenvalue weighted by Gasteiger charge is -2.21. The van der Waals surface area contributed by atoms with E-state index in [-0.39, 0.29) is 24.4 Å². The monoisotopic (exact) mass is 364 g/mol. The van der Waals surface area contributed by atoms with Crippen LogP contribution in [0.15, 0.2) is 48.5 Å². The molecule has 0 aliphatic heterocycles. The smallest absolute Gasteiger partial charge is 0.258 e. The molecule has 0 fully saturated rings. The van der Waals surface area contributed by atoms with Crippen LogP contribution in [0.4, 0.5) is 4.39 Å². The van der Waals surface area contributed by atoms with Crippen molar-refractivity contribution in [2.45, 2.75) is 12.5 Å². The maximum absolute atomic E-state index is 12.9. The summed E-state index contributed by atoms with van der Waals surface area (Å²) >= 11 is 5.94. The Morgan fingerprint density at radius 3 is 2.40 bits per heavy atom. The third-order valence-electron chi connectivity index (χ3n) is 3.66. The zero-order chi connectivity index (χ0) is 18.2. The van der Waals surface area contributed by atoms with Crippen molar-refractivity contribution in [2.75, 3.05) is 27.2 Å². The molecule has 1 N–H and O–H groups in total. The van der Waals surface area contributed by atoms with E-state index in [2.05, 4.69) is 10.2 Å². The van der Waals surface area contributed by atoms with Crippen LogP contribution in [-0.2, 0) is 4.79 Å². The predicted molar refractivity (Wildman–Crippen MR) is 97.4 cm³/mol. The van der Waals surface area contributed by atoms with Crippen molar-refractivity contribution in [2.24, 2.45) is 0 Å². The molecule has 2 aromatic carbocycles. The molecule has 4 nitrogen and oxygen atoms in total. The second-order valence-corrected chi connectivity index (χ2v) is 6.44. The van der Waals surface area contributed by atoms with E-state index in [1.807, 2.05) is 26.2 Å². The van der Waals surface area contributed by atoms with Crippen LogP contribution in [0.25, 0.3) is 0 Å². The Hall–Kier alpha value is -2.11. The van der Waals surface area contributed by atoms with Crippen LogP contribution < -0.4 is 10.1 Å². The van der Waals surface area contributed by atoms with Crippen LogP contribution >= 0.6 is 11.6 Å². The summed E-state index contributed by atoms with van der Waals surface area (Å²) in [6, 6.07) is 12.9. The van der Waals surface area contributed by atoms with Crippen molar-refractivity contribution >= 4 is 17.5 Å². The SMILES string of the molecule is CN(C)CCC(NC(=O)COc1ccc(F)cc1)c1ccc(Cl)cc1. The van der Waals surface area contributed by atoms with Gasteiger partial charge in [-0.1, -0.05) is 23.7 Å². The fourth-order valence-electron chi connectivity index (χ4n) is 2.32. The lowest BCUT2D eigenvalue weighted by Crippen LogP contribution is -2.34. The standard InChI is InChI=1S/C19H22ClFN2O2/c1-23(2)12-11-18(14-3-5-15(20)6-4-14)22-19(24)13-25-17-9-7-16(21)8-10-17/h3-10,18H,11-13H2,1-2H3,(H,22,24). The summed E-state index contributed by atoms with van der Waals surface area (Å²) in [5.74, 6) is -0.126. The topological polar surface area (TPSA) is 41.6 Å². The number of nitrogens with zero attached hydrogens (tertiary/aromatic N) is 1. The molecule has 0 radical (unpaired) electrons. The first kappa shape index (κ1) is 19.2. The van der Waals surface area contributed by atoms with Crippen molar-refractivity contribution in [1.29, 1.82) is 0 Å². The van der Waals surface area contributed by atoms with Gasteiger partial charge in [-0.05, 0) is 69.0 Å². The number of ether oxygens (including phenoxy) is 1. The van der Waals surface area contributed by atoms with Crippen LogP contribution in [0.1, 0.15) is 18.0 Å². The first-order valence-electron chi connectivity index (χ1n) is 8.02. The highest BCUT2D eigenvalue weighted by Crippen LogP contribution is 2.20. The third kappa shape index (κ3) is 6.72. The van der Waals surface area contributed by atoms with Gasteiger partial charge < -0.3 is 15.0 Å². The summed E-state index contributed by atoms with van der Waals surface area (Å²) in [4.78, 5) is 14.3. The molecule has 1 amide bonds. The summed E-state index contributed by atoms with van der Waals surface area (Å²) in [6.45, 7) is 0.698. The van der Waals surface area contributed by atoms with E-state index >= 15 is 0 Å². The van der Waals surface area contributed by atoms with Crippen LogP contribution in [0.2, 0.25) is 5.02 Å². The second-order valence-electron chi connectivity index (χ2n) is 6.01. The number of benzene rings is 2. The average Bonchev–Trinajstić information content (AvgIpc) is 2.59. The molecule has 2 aromatic rings. The van der Waals surface area contributed by atoms with Gasteiger partial charge in [0.2, 0.25) is 0 Å². The van der Waals surface area contributed by atoms with Crippen molar-refractivity contribution in [3.05, 3.63) is 64.9 Å². The van der Waals surface area contributed by atoms with Gasteiger partial charge in [0.05, 0.1) is 6.04 Å². The average molecular weight is 365 g/mol. The maximum Gasteiger partial charge on any atom is 0.258 e. The molecule has 2 rings (SSSR count). The van der Waals surface area contributed by atoms with E-state index in [0.717, 1.165) is 18.5 Å². The second kappa shape index (κ2) is 9.39. The number of hydrogen-bond acceptors (Lipinski definition) is 3. The number of hydrogen-bond donors (Lipinski definition) is 1. The number of carbonyl (C=O) groups is 1. The molecule has 134 valence electrons. The van der Waals surface area contributed by atoms with E-state index in [9.17, 15) is 9.18 Å². The Morgan fingerprint density at radius 1 is 1.16 bits per heavy atom. The van der Waals surface area contributed by atoms with E-state index in [1.165, 1.54) is 24.3 Å². The van der Waals surface area contributed by atoms with Gasteiger partial charge in [-0.2, -0.15) is 0 Å². The van der Waals surface area contributed by atoms with Crippen LogP contribution in [-0.4, -0.2) is 38.1 Å². The minimum absolute atomic E-state index is 0.127. The first-order chi connectivity index (χ1) is 11.9. The minimum Gasteiger partial charge on any atom is -0.484 e. The Balaban J connectivity index is 1.95. The number of nitrogens with one attached hydrogen (secondary N) is 1. The van der Waals surface area contributed by atoms with E-state index in [0.29, 0.717) is 10.8 Å². The summed E-state index contributed by atoms with van der Waals surface area (Å²) < 4.78 is 18.3. The molecule has 0 bridgehead atoms. The van der Waals surface area contributed by atoms with Gasteiger partial charge >= 0.3 is 0 Å². The molecular formula is C19H22ClFN2O2. The first-order valence-corrected chi connectivity index (χ1v) is 8.40. The number of rotatable bonds is 8. The highest BCUT2D eigenvalue weighted by atomic mass is 35.5. The van der Waals surface area contributed by atoms with Gasteiger partial charge in [-0.3, -0.25) is 4.79 Å². The van der Waals surface area contributed by atoms with E-state index in [4.69, 9.17) is 16.3 Å². The lowest BCUT2D eigenvalue weighted by molar-refractivity contribution is -0.123. The molecular weight excluding hydrogens is 343 g/mol. The van der Waals surface area contributed by atoms with Crippen LogP contribution in [0.3, 0.4) is 0 Å². The zero-order valence-electron chi connectivity index (χ0n) is 14.3. The van der Waals surface area contributed by atoms with Crippen molar-refractivity contribution in [1.82, 2.24) is 10.2 Å². The molecule has 0 saturated carbocycles. The van der Waals surface area contributed by atoms with Crippen molar-refractivity contribution in [3.8, 4) is 5.75 Å². The maximum atomic E-state index is 12.9. The fraction of sp³-hybridized carbons (Fsp3) is 0.316. The number of carbonyl (C=O) groups excluding carboxylic acids is 1. The Morgan fingerprint density at radius 2 is 1.80 bits per heavy atom. The van der Waals surface area contributed by atoms with Crippen molar-refractivity contribution < 1.29 is 13.9 Å². The molecule has 0 aromatic heterocycles. The Kier molecular flexibility index (Phi) is 7.22. The van der Waals surface area contributed by atoms with Gasteiger partial charge in [-0.25, -0.2) is 4.39 Å². The highest BCUT2D eigenvalue weighted by molar-refractivity contribution is 6.30. The molecule has 0 aliphatic carbocycles. The minimum atomic E-state index is -0.344. The Labute approximate surface area is 152 Å². The molecule has 0 spiro atoms. The molecule has 1 unspecified atom stereocenters. The summed E-state index contributed by atoms with van der Waals surface area (Å²) in [5.41, 5.74) is 0.987.